The van der Waals surface area contributed by atoms with Crippen molar-refractivity contribution in [3.63, 3.8) is 0 Å². The van der Waals surface area contributed by atoms with Crippen LogP contribution in [0, 0.1) is 26.0 Å². The fraction of sp³-hybridized carbons (Fsp3) is 0. The van der Waals surface area contributed by atoms with Crippen molar-refractivity contribution in [1.29, 1.82) is 0 Å². The van der Waals surface area contributed by atoms with Crippen molar-refractivity contribution >= 4 is 22.8 Å². The highest BCUT2D eigenvalue weighted by atomic mass is 19.1. The molecule has 0 saturated heterocycles. The van der Waals surface area contributed by atoms with Crippen molar-refractivity contribution in [3.8, 4) is 11.1 Å². The smallest absolute Gasteiger partial charge is 0.258 e. The Kier molecular flexibility index (Phi) is 3.73. The van der Waals surface area contributed by atoms with Gasteiger partial charge in [0.2, 0.25) is 0 Å². The molecule has 3 aromatic rings. The van der Waals surface area contributed by atoms with E-state index in [9.17, 15) is 24.6 Å². The largest absolute Gasteiger partial charge is 0.277 e. The van der Waals surface area contributed by atoms with Gasteiger partial charge in [0.05, 0.1) is 26.8 Å². The summed E-state index contributed by atoms with van der Waals surface area (Å²) in [6.45, 7) is 0. The van der Waals surface area contributed by atoms with Gasteiger partial charge in [-0.05, 0) is 35.9 Å². The monoisotopic (exact) mass is 363 g/mol. The predicted molar refractivity (Wildman–Crippen MR) is 96.9 cm³/mol. The zero-order chi connectivity index (χ0) is 19.1. The third kappa shape index (κ3) is 2.73. The van der Waals surface area contributed by atoms with Crippen LogP contribution in [0.4, 0.5) is 21.5 Å². The Morgan fingerprint density at radius 3 is 2.22 bits per heavy atom. The maximum atomic E-state index is 13.2. The van der Waals surface area contributed by atoms with Crippen LogP contribution >= 0.6 is 0 Å². The van der Waals surface area contributed by atoms with E-state index in [0.717, 1.165) is 0 Å². The molecule has 0 spiro atoms. The van der Waals surface area contributed by atoms with Crippen LogP contribution in [0.2, 0.25) is 0 Å². The first-order chi connectivity index (χ1) is 13.0. The molecule has 0 aliphatic heterocycles. The number of fused-ring (bicyclic) bond motifs is 3. The molecular formula is C19H10FN3O4. The van der Waals surface area contributed by atoms with Gasteiger partial charge in [0.25, 0.3) is 11.4 Å². The summed E-state index contributed by atoms with van der Waals surface area (Å²) in [4.78, 5) is 26.1. The number of nitrogens with zero attached hydrogens (tertiary/aromatic N) is 3. The van der Waals surface area contributed by atoms with Crippen molar-refractivity contribution in [2.75, 3.05) is 0 Å². The molecule has 0 unspecified atom stereocenters. The maximum Gasteiger partial charge on any atom is 0.277 e. The number of nitro groups is 2. The maximum absolute atomic E-state index is 13.2. The minimum atomic E-state index is -0.535. The number of rotatable bonds is 3. The van der Waals surface area contributed by atoms with E-state index in [0.29, 0.717) is 33.7 Å². The van der Waals surface area contributed by atoms with Gasteiger partial charge < -0.3 is 0 Å². The van der Waals surface area contributed by atoms with Gasteiger partial charge in [-0.25, -0.2) is 9.38 Å². The van der Waals surface area contributed by atoms with E-state index >= 15 is 0 Å². The summed E-state index contributed by atoms with van der Waals surface area (Å²) >= 11 is 0. The third-order valence-corrected chi connectivity index (χ3v) is 4.30. The van der Waals surface area contributed by atoms with Gasteiger partial charge in [0, 0.05) is 29.3 Å². The van der Waals surface area contributed by atoms with Crippen molar-refractivity contribution in [2.45, 2.75) is 0 Å². The molecule has 0 atom stereocenters. The van der Waals surface area contributed by atoms with Crippen LogP contribution < -0.4 is 0 Å². The Bertz CT molecular complexity index is 1140. The molecule has 1 aliphatic rings. The molecule has 3 aromatic carbocycles. The van der Waals surface area contributed by atoms with Crippen LogP contribution in [0.1, 0.15) is 11.1 Å². The first kappa shape index (κ1) is 16.5. The van der Waals surface area contributed by atoms with Crippen LogP contribution in [0.3, 0.4) is 0 Å². The second-order valence-electron chi connectivity index (χ2n) is 5.88. The molecule has 0 N–H and O–H groups in total. The summed E-state index contributed by atoms with van der Waals surface area (Å²) < 4.78 is 13.2. The van der Waals surface area contributed by atoms with Crippen molar-refractivity contribution < 1.29 is 14.2 Å². The Hall–Kier alpha value is -3.94. The van der Waals surface area contributed by atoms with Gasteiger partial charge in [0.15, 0.2) is 0 Å². The molecule has 27 heavy (non-hydrogen) atoms. The molecule has 0 heterocycles. The van der Waals surface area contributed by atoms with Crippen LogP contribution in [-0.2, 0) is 0 Å². The number of nitro benzene ring substituents is 2. The average molecular weight is 363 g/mol. The predicted octanol–water partition coefficient (Wildman–Crippen LogP) is 4.79. The van der Waals surface area contributed by atoms with E-state index in [1.54, 1.807) is 6.07 Å². The Balaban J connectivity index is 2.02. The van der Waals surface area contributed by atoms with Crippen molar-refractivity contribution in [1.82, 2.24) is 0 Å². The Morgan fingerprint density at radius 1 is 0.815 bits per heavy atom. The number of hydrogen-bond acceptors (Lipinski definition) is 5. The van der Waals surface area contributed by atoms with Gasteiger partial charge >= 0.3 is 0 Å². The highest BCUT2D eigenvalue weighted by Gasteiger charge is 2.32. The molecule has 0 bridgehead atoms. The molecule has 0 fully saturated rings. The molecule has 1 aliphatic carbocycles. The van der Waals surface area contributed by atoms with Gasteiger partial charge in [-0.3, -0.25) is 20.2 Å². The molecule has 0 amide bonds. The van der Waals surface area contributed by atoms with Crippen LogP contribution in [0.15, 0.2) is 65.7 Å². The topological polar surface area (TPSA) is 98.6 Å². The minimum absolute atomic E-state index is 0.105. The summed E-state index contributed by atoms with van der Waals surface area (Å²) in [5.41, 5.74) is 2.36. The van der Waals surface area contributed by atoms with E-state index in [2.05, 4.69) is 4.99 Å². The average Bonchev–Trinajstić information content (AvgIpc) is 2.96. The lowest BCUT2D eigenvalue weighted by Crippen LogP contribution is -1.99. The molecule has 0 aromatic heterocycles. The standard InChI is InChI=1S/C19H10FN3O4/c20-11-4-6-12(7-5-11)21-19-15-2-1-3-17(23(26)27)18(15)14-9-8-13(22(24)25)10-16(14)19/h1-10H. The quantitative estimate of drug-likeness (QED) is 0.386. The van der Waals surface area contributed by atoms with E-state index in [1.165, 1.54) is 54.6 Å². The van der Waals surface area contributed by atoms with Crippen LogP contribution in [-0.4, -0.2) is 15.6 Å². The zero-order valence-corrected chi connectivity index (χ0v) is 13.6. The summed E-state index contributed by atoms with van der Waals surface area (Å²) in [7, 11) is 0. The SMILES string of the molecule is O=[N+]([O-])c1ccc2c(c1)C(=Nc1ccc(F)cc1)c1cccc([N+](=O)[O-])c1-2. The lowest BCUT2D eigenvalue weighted by Gasteiger charge is -2.02. The first-order valence-electron chi connectivity index (χ1n) is 7.87. The van der Waals surface area contributed by atoms with E-state index in [1.807, 2.05) is 0 Å². The molecule has 0 radical (unpaired) electrons. The number of non-ortho nitro benzene ring substituents is 1. The third-order valence-electron chi connectivity index (χ3n) is 4.30. The summed E-state index contributed by atoms with van der Waals surface area (Å²) in [5.74, 6) is -0.419. The van der Waals surface area contributed by atoms with Crippen LogP contribution in [0.25, 0.3) is 11.1 Å². The van der Waals surface area contributed by atoms with Crippen LogP contribution in [0.5, 0.6) is 0 Å². The molecule has 4 rings (SSSR count). The summed E-state index contributed by atoms with van der Waals surface area (Å²) in [6, 6.07) is 14.2. The molecule has 132 valence electrons. The van der Waals surface area contributed by atoms with Crippen molar-refractivity contribution in [2.24, 2.45) is 4.99 Å². The number of hydrogen-bond donors (Lipinski definition) is 0. The molecule has 0 saturated carbocycles. The molecular weight excluding hydrogens is 353 g/mol. The first-order valence-corrected chi connectivity index (χ1v) is 7.87. The van der Waals surface area contributed by atoms with Gasteiger partial charge in [-0.15, -0.1) is 0 Å². The number of halogens is 1. The highest BCUT2D eigenvalue weighted by Crippen LogP contribution is 2.44. The van der Waals surface area contributed by atoms with E-state index in [4.69, 9.17) is 0 Å². The second-order valence-corrected chi connectivity index (χ2v) is 5.88. The zero-order valence-electron chi connectivity index (χ0n) is 13.6. The van der Waals surface area contributed by atoms with Crippen molar-refractivity contribution in [3.05, 3.63) is 97.8 Å². The molecule has 8 heteroatoms. The van der Waals surface area contributed by atoms with E-state index in [-0.39, 0.29) is 11.4 Å². The van der Waals surface area contributed by atoms with Gasteiger partial charge in [-0.1, -0.05) is 12.1 Å². The van der Waals surface area contributed by atoms with E-state index < -0.39 is 15.7 Å². The highest BCUT2D eigenvalue weighted by molar-refractivity contribution is 6.26. The summed E-state index contributed by atoms with van der Waals surface area (Å²) in [6.07, 6.45) is 0. The number of aliphatic imine (C=N–C) groups is 1. The number of benzene rings is 3. The normalized spacial score (nSPS) is 13.3. The lowest BCUT2D eigenvalue weighted by molar-refractivity contribution is -0.385. The van der Waals surface area contributed by atoms with Gasteiger partial charge in [-0.2, -0.15) is 0 Å². The minimum Gasteiger partial charge on any atom is -0.258 e. The summed E-state index contributed by atoms with van der Waals surface area (Å²) in [5, 5.41) is 22.6. The Morgan fingerprint density at radius 2 is 1.56 bits per heavy atom. The fourth-order valence-electron chi connectivity index (χ4n) is 3.14. The fourth-order valence-corrected chi connectivity index (χ4v) is 3.14. The lowest BCUT2D eigenvalue weighted by atomic mass is 10.0. The van der Waals surface area contributed by atoms with Gasteiger partial charge in [0.1, 0.15) is 5.82 Å². The molecule has 7 nitrogen and oxygen atoms in total. The second kappa shape index (κ2) is 6.10. The Labute approximate surface area is 151 Å².